The van der Waals surface area contributed by atoms with Crippen LogP contribution in [0.5, 0.6) is 5.75 Å². The number of para-hydroxylation sites is 1. The van der Waals surface area contributed by atoms with Crippen LogP contribution in [0.1, 0.15) is 44.5 Å². The molecule has 0 saturated carbocycles. The lowest BCUT2D eigenvalue weighted by Gasteiger charge is -2.19. The molecule has 0 aliphatic heterocycles. The summed E-state index contributed by atoms with van der Waals surface area (Å²) in [5.41, 5.74) is 0.244. The van der Waals surface area contributed by atoms with Crippen molar-refractivity contribution in [1.29, 1.82) is 0 Å². The van der Waals surface area contributed by atoms with Gasteiger partial charge in [0, 0.05) is 5.75 Å². The van der Waals surface area contributed by atoms with E-state index in [1.807, 2.05) is 6.92 Å². The first-order valence-corrected chi connectivity index (χ1v) is 10.4. The van der Waals surface area contributed by atoms with E-state index >= 15 is 0 Å². The van der Waals surface area contributed by atoms with Crippen LogP contribution in [0.25, 0.3) is 0 Å². The minimum atomic E-state index is -3.35. The van der Waals surface area contributed by atoms with Gasteiger partial charge in [0.15, 0.2) is 0 Å². The molecule has 0 heterocycles. The van der Waals surface area contributed by atoms with E-state index in [9.17, 15) is 9.36 Å². The zero-order chi connectivity index (χ0) is 16.6. The van der Waals surface area contributed by atoms with E-state index in [2.05, 4.69) is 0 Å². The van der Waals surface area contributed by atoms with Crippen LogP contribution in [-0.2, 0) is 13.8 Å². The molecule has 0 N–H and O–H groups in total. The molecule has 0 spiro atoms. The van der Waals surface area contributed by atoms with Gasteiger partial charge >= 0.3 is 12.8 Å². The number of rotatable bonds is 9. The average Bonchev–Trinajstić information content (AvgIpc) is 2.45. The maximum atomic E-state index is 12.7. The van der Waals surface area contributed by atoms with Crippen LogP contribution in [0.15, 0.2) is 24.3 Å². The third-order valence-corrected chi connectivity index (χ3v) is 6.34. The van der Waals surface area contributed by atoms with Crippen molar-refractivity contribution in [2.24, 2.45) is 0 Å². The monoisotopic (exact) mass is 346 g/mol. The highest BCUT2D eigenvalue weighted by molar-refractivity contribution is 8.55. The smallest absolute Gasteiger partial charge is 0.440 e. The van der Waals surface area contributed by atoms with Crippen LogP contribution in [0.2, 0.25) is 0 Å². The normalized spacial score (nSPS) is 13.7. The Hall–Kier alpha value is -0.970. The van der Waals surface area contributed by atoms with Crippen molar-refractivity contribution < 1.29 is 23.1 Å². The lowest BCUT2D eigenvalue weighted by Crippen LogP contribution is -2.12. The summed E-state index contributed by atoms with van der Waals surface area (Å²) in [7, 11) is 0. The first-order chi connectivity index (χ1) is 10.4. The van der Waals surface area contributed by atoms with E-state index in [0.29, 0.717) is 5.75 Å². The maximum Gasteiger partial charge on any atom is 0.440 e. The van der Waals surface area contributed by atoms with Crippen LogP contribution in [-0.4, -0.2) is 24.4 Å². The van der Waals surface area contributed by atoms with Crippen molar-refractivity contribution in [3.8, 4) is 5.75 Å². The molecule has 0 radical (unpaired) electrons. The third-order valence-electron chi connectivity index (χ3n) is 2.40. The lowest BCUT2D eigenvalue weighted by molar-refractivity contribution is 0.0376. The molecule has 1 rings (SSSR count). The van der Waals surface area contributed by atoms with E-state index in [0.717, 1.165) is 17.8 Å². The Morgan fingerprint density at radius 1 is 1.27 bits per heavy atom. The summed E-state index contributed by atoms with van der Waals surface area (Å²) in [5, 5.41) is 0. The third kappa shape index (κ3) is 6.03. The standard InChI is InChI=1S/C15H23O5PS/c1-5-11-22-21(17,18-6-2)20-14-10-8-7-9-13(14)15(16)19-12(3)4/h7-10,12H,5-6,11H2,1-4H3. The first-order valence-electron chi connectivity index (χ1n) is 7.30. The topological polar surface area (TPSA) is 61.8 Å². The molecule has 0 bridgehead atoms. The van der Waals surface area contributed by atoms with E-state index < -0.39 is 12.8 Å². The van der Waals surface area contributed by atoms with Gasteiger partial charge in [-0.15, -0.1) is 0 Å². The summed E-state index contributed by atoms with van der Waals surface area (Å²) in [4.78, 5) is 12.1. The van der Waals surface area contributed by atoms with Gasteiger partial charge in [0.2, 0.25) is 0 Å². The fraction of sp³-hybridized carbons (Fsp3) is 0.533. The minimum Gasteiger partial charge on any atom is -0.459 e. The highest BCUT2D eigenvalue weighted by Gasteiger charge is 2.29. The molecule has 1 aromatic rings. The summed E-state index contributed by atoms with van der Waals surface area (Å²) < 4.78 is 28.8. The zero-order valence-corrected chi connectivity index (χ0v) is 15.1. The lowest BCUT2D eigenvalue weighted by atomic mass is 10.2. The quantitative estimate of drug-likeness (QED) is 0.467. The van der Waals surface area contributed by atoms with E-state index in [4.69, 9.17) is 13.8 Å². The van der Waals surface area contributed by atoms with Gasteiger partial charge in [-0.1, -0.05) is 19.1 Å². The Bertz CT molecular complexity index is 532. The molecular weight excluding hydrogens is 323 g/mol. The molecule has 7 heteroatoms. The second kappa shape index (κ2) is 9.23. The minimum absolute atomic E-state index is 0.216. The predicted molar refractivity (Wildman–Crippen MR) is 89.6 cm³/mol. The number of carbonyl (C=O) groups excluding carboxylic acids is 1. The molecule has 0 aromatic heterocycles. The number of hydrogen-bond donors (Lipinski definition) is 0. The van der Waals surface area contributed by atoms with Gasteiger partial charge in [-0.2, -0.15) is 0 Å². The Balaban J connectivity index is 3.00. The Morgan fingerprint density at radius 3 is 2.55 bits per heavy atom. The van der Waals surface area contributed by atoms with Crippen LogP contribution >= 0.6 is 18.2 Å². The fourth-order valence-corrected chi connectivity index (χ4v) is 5.02. The second-order valence-corrected chi connectivity index (χ2v) is 8.86. The highest BCUT2D eigenvalue weighted by atomic mass is 32.7. The molecule has 124 valence electrons. The van der Waals surface area contributed by atoms with E-state index in [-0.39, 0.29) is 24.0 Å². The molecule has 0 fully saturated rings. The fourth-order valence-electron chi connectivity index (χ4n) is 1.56. The van der Waals surface area contributed by atoms with Gasteiger partial charge in [-0.3, -0.25) is 4.52 Å². The molecule has 1 aromatic carbocycles. The van der Waals surface area contributed by atoms with Crippen LogP contribution in [0.4, 0.5) is 0 Å². The summed E-state index contributed by atoms with van der Waals surface area (Å²) in [6.45, 7) is 4.19. The molecule has 22 heavy (non-hydrogen) atoms. The summed E-state index contributed by atoms with van der Waals surface area (Å²) >= 11 is 1.14. The summed E-state index contributed by atoms with van der Waals surface area (Å²) in [6.07, 6.45) is 0.607. The summed E-state index contributed by atoms with van der Waals surface area (Å²) in [6, 6.07) is 6.59. The predicted octanol–water partition coefficient (Wildman–Crippen LogP) is 4.92. The van der Waals surface area contributed by atoms with Crippen molar-refractivity contribution in [2.45, 2.75) is 40.2 Å². The van der Waals surface area contributed by atoms with Gasteiger partial charge in [-0.25, -0.2) is 9.36 Å². The molecule has 0 amide bonds. The first kappa shape index (κ1) is 19.1. The van der Waals surface area contributed by atoms with Crippen LogP contribution in [0, 0.1) is 0 Å². The second-order valence-electron chi connectivity index (χ2n) is 4.74. The van der Waals surface area contributed by atoms with Gasteiger partial charge in [0.25, 0.3) is 0 Å². The number of hydrogen-bond acceptors (Lipinski definition) is 6. The van der Waals surface area contributed by atoms with Crippen molar-refractivity contribution in [2.75, 3.05) is 12.4 Å². The van der Waals surface area contributed by atoms with Gasteiger partial charge in [-0.05, 0) is 50.7 Å². The van der Waals surface area contributed by atoms with Crippen molar-refractivity contribution in [3.05, 3.63) is 29.8 Å². The number of carbonyl (C=O) groups is 1. The number of ether oxygens (including phenoxy) is 1. The van der Waals surface area contributed by atoms with Gasteiger partial charge in [0.1, 0.15) is 11.3 Å². The molecule has 1 unspecified atom stereocenters. The molecule has 0 aliphatic rings. The molecule has 0 saturated heterocycles. The molecule has 5 nitrogen and oxygen atoms in total. The van der Waals surface area contributed by atoms with Gasteiger partial charge < -0.3 is 9.26 Å². The number of esters is 1. The van der Waals surface area contributed by atoms with Crippen LogP contribution in [0.3, 0.4) is 0 Å². The highest BCUT2D eigenvalue weighted by Crippen LogP contribution is 2.60. The van der Waals surface area contributed by atoms with Gasteiger partial charge in [0.05, 0.1) is 12.7 Å². The van der Waals surface area contributed by atoms with Crippen molar-refractivity contribution in [3.63, 3.8) is 0 Å². The Morgan fingerprint density at radius 2 is 1.95 bits per heavy atom. The Labute approximate surface area is 136 Å². The Kier molecular flexibility index (Phi) is 8.01. The molecule has 0 aliphatic carbocycles. The van der Waals surface area contributed by atoms with Crippen molar-refractivity contribution in [1.82, 2.24) is 0 Å². The maximum absolute atomic E-state index is 12.7. The zero-order valence-electron chi connectivity index (χ0n) is 13.4. The summed E-state index contributed by atoms with van der Waals surface area (Å²) in [5.74, 6) is 0.360. The SMILES string of the molecule is CCCSP(=O)(OCC)Oc1ccccc1C(=O)OC(C)C. The van der Waals surface area contributed by atoms with E-state index in [1.54, 1.807) is 45.0 Å². The van der Waals surface area contributed by atoms with E-state index in [1.165, 1.54) is 0 Å². The average molecular weight is 346 g/mol. The van der Waals surface area contributed by atoms with Crippen LogP contribution < -0.4 is 4.52 Å². The molecule has 1 atom stereocenters. The van der Waals surface area contributed by atoms with Crippen molar-refractivity contribution >= 4 is 24.1 Å². The largest absolute Gasteiger partial charge is 0.459 e. The number of benzene rings is 1. The molecular formula is C15H23O5PS.